The molecular weight excluding hydrogens is 226 g/mol. The Hall–Kier alpha value is -0.610. The minimum atomic E-state index is 0.138. The fourth-order valence-corrected chi connectivity index (χ4v) is 2.83. The lowest BCUT2D eigenvalue weighted by Crippen LogP contribution is -2.53. The van der Waals surface area contributed by atoms with Crippen LogP contribution in [0.5, 0.6) is 0 Å². The van der Waals surface area contributed by atoms with Gasteiger partial charge in [0.2, 0.25) is 5.91 Å². The van der Waals surface area contributed by atoms with Crippen LogP contribution in [-0.2, 0) is 4.79 Å². The van der Waals surface area contributed by atoms with Gasteiger partial charge < -0.3 is 11.1 Å². The molecule has 0 aromatic rings. The molecule has 0 spiro atoms. The summed E-state index contributed by atoms with van der Waals surface area (Å²) < 4.78 is 0. The first kappa shape index (κ1) is 15.4. The molecular formula is C14H29N3O. The van der Waals surface area contributed by atoms with Crippen molar-refractivity contribution in [1.29, 1.82) is 0 Å². The Balaban J connectivity index is 2.50. The highest BCUT2D eigenvalue weighted by Crippen LogP contribution is 2.25. The molecule has 0 aliphatic carbocycles. The molecule has 1 fully saturated rings. The zero-order valence-corrected chi connectivity index (χ0v) is 12.1. The van der Waals surface area contributed by atoms with Crippen LogP contribution in [0.3, 0.4) is 0 Å². The van der Waals surface area contributed by atoms with Gasteiger partial charge in [-0.15, -0.1) is 0 Å². The number of nitrogens with zero attached hydrogens (tertiary/aromatic N) is 1. The topological polar surface area (TPSA) is 58.4 Å². The second-order valence-electron chi connectivity index (χ2n) is 5.46. The van der Waals surface area contributed by atoms with Crippen LogP contribution in [0, 0.1) is 5.92 Å². The van der Waals surface area contributed by atoms with E-state index in [2.05, 4.69) is 24.1 Å². The van der Waals surface area contributed by atoms with Gasteiger partial charge in [0.05, 0.1) is 6.54 Å². The van der Waals surface area contributed by atoms with Crippen molar-refractivity contribution < 1.29 is 4.79 Å². The van der Waals surface area contributed by atoms with Gasteiger partial charge in [0.15, 0.2) is 0 Å². The first-order chi connectivity index (χ1) is 8.62. The number of carbonyl (C=O) groups is 1. The maximum atomic E-state index is 11.9. The second kappa shape index (κ2) is 7.74. The number of amides is 1. The quantitative estimate of drug-likeness (QED) is 0.753. The third-order valence-electron chi connectivity index (χ3n) is 4.17. The van der Waals surface area contributed by atoms with Crippen LogP contribution < -0.4 is 11.1 Å². The third kappa shape index (κ3) is 4.25. The number of hydrogen-bond donors (Lipinski definition) is 2. The number of likely N-dealkylation sites (tertiary alicyclic amines) is 1. The highest BCUT2D eigenvalue weighted by atomic mass is 16.2. The van der Waals surface area contributed by atoms with Gasteiger partial charge in [-0.25, -0.2) is 0 Å². The van der Waals surface area contributed by atoms with Crippen molar-refractivity contribution in [3.8, 4) is 0 Å². The molecule has 18 heavy (non-hydrogen) atoms. The van der Waals surface area contributed by atoms with Gasteiger partial charge in [0.25, 0.3) is 0 Å². The standard InChI is InChI=1S/C14H29N3O/c1-4-11(3)16-14(18)10-17-8-6-7-12(5-2)13(17)9-15/h11-13H,4-10,15H2,1-3H3,(H,16,18). The fraction of sp³-hybridized carbons (Fsp3) is 0.929. The van der Waals surface area contributed by atoms with E-state index in [0.29, 0.717) is 25.0 Å². The third-order valence-corrected chi connectivity index (χ3v) is 4.17. The number of piperidine rings is 1. The molecule has 1 heterocycles. The Kier molecular flexibility index (Phi) is 6.65. The van der Waals surface area contributed by atoms with Gasteiger partial charge in [0, 0.05) is 18.6 Å². The molecule has 1 aliphatic rings. The highest BCUT2D eigenvalue weighted by Gasteiger charge is 2.30. The van der Waals surface area contributed by atoms with Crippen LogP contribution in [0.15, 0.2) is 0 Å². The number of nitrogens with one attached hydrogen (secondary N) is 1. The number of nitrogens with two attached hydrogens (primary N) is 1. The summed E-state index contributed by atoms with van der Waals surface area (Å²) in [5.41, 5.74) is 5.89. The Morgan fingerprint density at radius 2 is 2.22 bits per heavy atom. The molecule has 0 aromatic heterocycles. The van der Waals surface area contributed by atoms with Gasteiger partial charge in [-0.2, -0.15) is 0 Å². The van der Waals surface area contributed by atoms with Gasteiger partial charge >= 0.3 is 0 Å². The van der Waals surface area contributed by atoms with Crippen molar-refractivity contribution in [2.45, 2.75) is 58.5 Å². The monoisotopic (exact) mass is 255 g/mol. The highest BCUT2D eigenvalue weighted by molar-refractivity contribution is 5.78. The van der Waals surface area contributed by atoms with Crippen molar-refractivity contribution in [2.24, 2.45) is 11.7 Å². The van der Waals surface area contributed by atoms with E-state index in [1.54, 1.807) is 0 Å². The van der Waals surface area contributed by atoms with Crippen LogP contribution in [0.2, 0.25) is 0 Å². The smallest absolute Gasteiger partial charge is 0.234 e. The Morgan fingerprint density at radius 1 is 1.50 bits per heavy atom. The molecule has 4 heteroatoms. The summed E-state index contributed by atoms with van der Waals surface area (Å²) in [6.45, 7) is 8.52. The van der Waals surface area contributed by atoms with Crippen LogP contribution in [-0.4, -0.2) is 42.5 Å². The van der Waals surface area contributed by atoms with Gasteiger partial charge in [-0.05, 0) is 38.6 Å². The first-order valence-corrected chi connectivity index (χ1v) is 7.35. The number of hydrogen-bond acceptors (Lipinski definition) is 3. The minimum absolute atomic E-state index is 0.138. The lowest BCUT2D eigenvalue weighted by molar-refractivity contribution is -0.124. The molecule has 106 valence electrons. The summed E-state index contributed by atoms with van der Waals surface area (Å²) in [5, 5.41) is 3.03. The van der Waals surface area contributed by atoms with E-state index in [0.717, 1.165) is 19.4 Å². The lowest BCUT2D eigenvalue weighted by Gasteiger charge is -2.40. The normalized spacial score (nSPS) is 26.9. The molecule has 1 aliphatic heterocycles. The summed E-state index contributed by atoms with van der Waals surface area (Å²) in [4.78, 5) is 14.2. The maximum Gasteiger partial charge on any atom is 0.234 e. The van der Waals surface area contributed by atoms with Crippen molar-refractivity contribution in [3.63, 3.8) is 0 Å². The molecule has 3 N–H and O–H groups in total. The molecule has 1 rings (SSSR count). The van der Waals surface area contributed by atoms with E-state index in [4.69, 9.17) is 5.73 Å². The van der Waals surface area contributed by atoms with E-state index < -0.39 is 0 Å². The summed E-state index contributed by atoms with van der Waals surface area (Å²) in [5.74, 6) is 0.791. The van der Waals surface area contributed by atoms with E-state index in [1.165, 1.54) is 12.8 Å². The Labute approximate surface area is 111 Å². The SMILES string of the molecule is CCC(C)NC(=O)CN1CCCC(CC)C1CN. The van der Waals surface area contributed by atoms with Crippen molar-refractivity contribution in [3.05, 3.63) is 0 Å². The molecule has 1 amide bonds. The maximum absolute atomic E-state index is 11.9. The van der Waals surface area contributed by atoms with E-state index in [1.807, 2.05) is 6.92 Å². The van der Waals surface area contributed by atoms with Crippen LogP contribution in [0.25, 0.3) is 0 Å². The van der Waals surface area contributed by atoms with Crippen molar-refractivity contribution in [1.82, 2.24) is 10.2 Å². The predicted molar refractivity (Wildman–Crippen MR) is 75.3 cm³/mol. The molecule has 0 saturated carbocycles. The summed E-state index contributed by atoms with van der Waals surface area (Å²) in [6, 6.07) is 0.645. The largest absolute Gasteiger partial charge is 0.353 e. The van der Waals surface area contributed by atoms with Crippen LogP contribution >= 0.6 is 0 Å². The zero-order valence-electron chi connectivity index (χ0n) is 12.1. The Bertz CT molecular complexity index is 257. The zero-order chi connectivity index (χ0) is 13.5. The van der Waals surface area contributed by atoms with E-state index >= 15 is 0 Å². The predicted octanol–water partition coefficient (Wildman–Crippen LogP) is 1.35. The average molecular weight is 255 g/mol. The molecule has 0 aromatic carbocycles. The van der Waals surface area contributed by atoms with E-state index in [-0.39, 0.29) is 11.9 Å². The molecule has 3 atom stereocenters. The molecule has 4 nitrogen and oxygen atoms in total. The summed E-state index contributed by atoms with van der Waals surface area (Å²) in [7, 11) is 0. The minimum Gasteiger partial charge on any atom is -0.353 e. The first-order valence-electron chi connectivity index (χ1n) is 7.35. The van der Waals surface area contributed by atoms with Crippen LogP contribution in [0.4, 0.5) is 0 Å². The summed E-state index contributed by atoms with van der Waals surface area (Å²) in [6.07, 6.45) is 4.57. The van der Waals surface area contributed by atoms with Gasteiger partial charge in [-0.3, -0.25) is 9.69 Å². The number of rotatable bonds is 6. The second-order valence-corrected chi connectivity index (χ2v) is 5.46. The van der Waals surface area contributed by atoms with Crippen molar-refractivity contribution >= 4 is 5.91 Å². The molecule has 0 radical (unpaired) electrons. The Morgan fingerprint density at radius 3 is 2.78 bits per heavy atom. The van der Waals surface area contributed by atoms with Crippen molar-refractivity contribution in [2.75, 3.05) is 19.6 Å². The average Bonchev–Trinajstić information content (AvgIpc) is 2.37. The fourth-order valence-electron chi connectivity index (χ4n) is 2.83. The molecule has 1 saturated heterocycles. The molecule has 0 bridgehead atoms. The molecule has 3 unspecified atom stereocenters. The van der Waals surface area contributed by atoms with Crippen LogP contribution in [0.1, 0.15) is 46.5 Å². The number of carbonyl (C=O) groups excluding carboxylic acids is 1. The lowest BCUT2D eigenvalue weighted by atomic mass is 9.87. The van der Waals surface area contributed by atoms with E-state index in [9.17, 15) is 4.79 Å². The summed E-state index contributed by atoms with van der Waals surface area (Å²) >= 11 is 0. The van der Waals surface area contributed by atoms with Gasteiger partial charge in [0.1, 0.15) is 0 Å². The van der Waals surface area contributed by atoms with Gasteiger partial charge in [-0.1, -0.05) is 20.3 Å².